The fourth-order valence-electron chi connectivity index (χ4n) is 1.76. The fourth-order valence-corrected chi connectivity index (χ4v) is 2.27. The number of hydrogen-bond acceptors (Lipinski definition) is 5. The quantitative estimate of drug-likeness (QED) is 0.568. The average molecular weight is 372 g/mol. The molecular weight excluding hydrogens is 360 g/mol. The van der Waals surface area contributed by atoms with Gasteiger partial charge in [0.05, 0.1) is 5.56 Å². The molecule has 0 saturated carbocycles. The summed E-state index contributed by atoms with van der Waals surface area (Å²) < 4.78 is 55.1. The number of benzene rings is 1. The molecule has 1 aromatic heterocycles. The van der Waals surface area contributed by atoms with Gasteiger partial charge in [-0.25, -0.2) is 4.39 Å². The highest BCUT2D eigenvalue weighted by Crippen LogP contribution is 2.30. The zero-order valence-corrected chi connectivity index (χ0v) is 13.3. The number of allylic oxidation sites excluding steroid dienone is 2. The number of nitrogens with zero attached hydrogens (tertiary/aromatic N) is 1. The summed E-state index contributed by atoms with van der Waals surface area (Å²) in [7, 11) is 0. The maximum atomic E-state index is 13.8. The van der Waals surface area contributed by atoms with Crippen molar-refractivity contribution in [3.63, 3.8) is 0 Å². The first-order valence-corrected chi connectivity index (χ1v) is 7.54. The largest absolute Gasteiger partial charge is 0.416 e. The maximum absolute atomic E-state index is 13.8. The number of aromatic nitrogens is 1. The van der Waals surface area contributed by atoms with E-state index in [1.54, 1.807) is 5.38 Å². The molecule has 0 spiro atoms. The summed E-state index contributed by atoms with van der Waals surface area (Å²) in [6.45, 7) is 0. The van der Waals surface area contributed by atoms with E-state index in [4.69, 9.17) is 11.5 Å². The molecule has 5 nitrogen and oxygen atoms in total. The summed E-state index contributed by atoms with van der Waals surface area (Å²) in [6, 6.07) is 3.49. The molecular formula is C15H12F4N4OS. The first-order chi connectivity index (χ1) is 11.7. The lowest BCUT2D eigenvalue weighted by Crippen LogP contribution is -2.27. The lowest BCUT2D eigenvalue weighted by atomic mass is 10.1. The molecule has 2 rings (SSSR count). The standard InChI is InChI=1S/C15H12F4N4OS/c16-10-7-8(15(17,18)19)1-2-9(10)11(20)3-4-13(21)22-14(24)12-5-6-25-23-12/h1-7H,20-21H2,(H,22,24)/b11-3-,13-4+. The number of nitrogens with one attached hydrogen (secondary N) is 1. The van der Waals surface area contributed by atoms with Gasteiger partial charge in [-0.2, -0.15) is 17.5 Å². The van der Waals surface area contributed by atoms with Crippen molar-refractivity contribution in [3.05, 3.63) is 70.3 Å². The minimum Gasteiger partial charge on any atom is -0.398 e. The van der Waals surface area contributed by atoms with Crippen LogP contribution in [0.25, 0.3) is 5.70 Å². The predicted octanol–water partition coefficient (Wildman–Crippen LogP) is 2.83. The van der Waals surface area contributed by atoms with Gasteiger partial charge < -0.3 is 16.8 Å². The van der Waals surface area contributed by atoms with Gasteiger partial charge in [0, 0.05) is 16.6 Å². The Bertz CT molecular complexity index is 829. The van der Waals surface area contributed by atoms with Crippen LogP contribution in [0.4, 0.5) is 17.6 Å². The predicted molar refractivity (Wildman–Crippen MR) is 85.4 cm³/mol. The van der Waals surface area contributed by atoms with Gasteiger partial charge >= 0.3 is 6.18 Å². The van der Waals surface area contributed by atoms with E-state index in [2.05, 4.69) is 9.69 Å². The Morgan fingerprint density at radius 3 is 2.48 bits per heavy atom. The van der Waals surface area contributed by atoms with E-state index < -0.39 is 23.5 Å². The van der Waals surface area contributed by atoms with Crippen molar-refractivity contribution < 1.29 is 22.4 Å². The number of halogens is 4. The van der Waals surface area contributed by atoms with Gasteiger partial charge in [-0.1, -0.05) is 0 Å². The third-order valence-corrected chi connectivity index (χ3v) is 3.54. The third kappa shape index (κ3) is 4.80. The van der Waals surface area contributed by atoms with Crippen LogP contribution in [0.2, 0.25) is 0 Å². The summed E-state index contributed by atoms with van der Waals surface area (Å²) >= 11 is 1.09. The fraction of sp³-hybridized carbons (Fsp3) is 0.0667. The minimum absolute atomic E-state index is 0.0896. The molecule has 1 heterocycles. The Morgan fingerprint density at radius 1 is 1.20 bits per heavy atom. The van der Waals surface area contributed by atoms with Crippen LogP contribution < -0.4 is 16.8 Å². The summed E-state index contributed by atoms with van der Waals surface area (Å²) in [4.78, 5) is 11.7. The van der Waals surface area contributed by atoms with E-state index in [-0.39, 0.29) is 22.8 Å². The van der Waals surface area contributed by atoms with Crippen LogP contribution in [-0.4, -0.2) is 10.3 Å². The van der Waals surface area contributed by atoms with Crippen molar-refractivity contribution in [2.45, 2.75) is 6.18 Å². The van der Waals surface area contributed by atoms with Gasteiger partial charge in [0.2, 0.25) is 0 Å². The first kappa shape index (κ1) is 18.5. The molecule has 25 heavy (non-hydrogen) atoms. The Balaban J connectivity index is 2.14. The summed E-state index contributed by atoms with van der Waals surface area (Å²) in [5, 5.41) is 3.95. The Morgan fingerprint density at radius 2 is 1.92 bits per heavy atom. The number of alkyl halides is 3. The van der Waals surface area contributed by atoms with E-state index in [0.717, 1.165) is 23.7 Å². The van der Waals surface area contributed by atoms with Crippen molar-refractivity contribution in [1.82, 2.24) is 9.69 Å². The molecule has 0 aliphatic carbocycles. The zero-order chi connectivity index (χ0) is 18.6. The van der Waals surface area contributed by atoms with Gasteiger partial charge in [0.1, 0.15) is 17.3 Å². The highest BCUT2D eigenvalue weighted by atomic mass is 32.1. The van der Waals surface area contributed by atoms with Crippen molar-refractivity contribution in [2.24, 2.45) is 11.5 Å². The lowest BCUT2D eigenvalue weighted by molar-refractivity contribution is -0.137. The Labute approximate surface area is 143 Å². The molecule has 10 heteroatoms. The number of amides is 1. The topological polar surface area (TPSA) is 94.0 Å². The van der Waals surface area contributed by atoms with Crippen molar-refractivity contribution in [1.29, 1.82) is 0 Å². The third-order valence-electron chi connectivity index (χ3n) is 2.98. The summed E-state index contributed by atoms with van der Waals surface area (Å²) in [5.74, 6) is -1.75. The average Bonchev–Trinajstić information content (AvgIpc) is 3.06. The number of carbonyl (C=O) groups excluding carboxylic acids is 1. The number of rotatable bonds is 4. The van der Waals surface area contributed by atoms with Crippen molar-refractivity contribution in [3.8, 4) is 0 Å². The van der Waals surface area contributed by atoms with Crippen LogP contribution in [0.3, 0.4) is 0 Å². The molecule has 132 valence electrons. The van der Waals surface area contributed by atoms with E-state index in [9.17, 15) is 22.4 Å². The van der Waals surface area contributed by atoms with Crippen molar-refractivity contribution in [2.75, 3.05) is 0 Å². The normalized spacial score (nSPS) is 13.0. The van der Waals surface area contributed by atoms with Crippen LogP contribution in [0.5, 0.6) is 0 Å². The molecule has 0 radical (unpaired) electrons. The molecule has 2 aromatic rings. The van der Waals surface area contributed by atoms with Gasteiger partial charge in [-0.3, -0.25) is 4.79 Å². The molecule has 0 unspecified atom stereocenters. The Kier molecular flexibility index (Phi) is 5.42. The molecule has 0 aliphatic heterocycles. The number of hydrogen-bond donors (Lipinski definition) is 3. The second-order valence-corrected chi connectivity index (χ2v) is 5.44. The maximum Gasteiger partial charge on any atom is 0.416 e. The second kappa shape index (κ2) is 7.34. The molecule has 0 aliphatic rings. The van der Waals surface area contributed by atoms with E-state index in [0.29, 0.717) is 6.07 Å². The Hall–Kier alpha value is -2.88. The number of carbonyl (C=O) groups is 1. The van der Waals surface area contributed by atoms with Gasteiger partial charge in [0.25, 0.3) is 5.91 Å². The summed E-state index contributed by atoms with van der Waals surface area (Å²) in [5.41, 5.74) is 9.91. The molecule has 5 N–H and O–H groups in total. The van der Waals surface area contributed by atoms with Gasteiger partial charge in [-0.15, -0.1) is 0 Å². The molecule has 0 saturated heterocycles. The lowest BCUT2D eigenvalue weighted by Gasteiger charge is -2.09. The number of nitrogens with two attached hydrogens (primary N) is 2. The SMILES string of the molecule is N/C(=C\C=C(/N)NC(=O)c1ccsn1)c1ccc(C(F)(F)F)cc1F. The van der Waals surface area contributed by atoms with Crippen LogP contribution >= 0.6 is 11.5 Å². The van der Waals surface area contributed by atoms with Gasteiger partial charge in [-0.05, 0) is 47.9 Å². The van der Waals surface area contributed by atoms with Crippen molar-refractivity contribution >= 4 is 23.1 Å². The minimum atomic E-state index is -4.65. The van der Waals surface area contributed by atoms with E-state index in [1.807, 2.05) is 0 Å². The zero-order valence-electron chi connectivity index (χ0n) is 12.5. The molecule has 1 amide bonds. The summed E-state index contributed by atoms with van der Waals surface area (Å²) in [6.07, 6.45) is -2.29. The molecule has 0 atom stereocenters. The molecule has 0 fully saturated rings. The second-order valence-electron chi connectivity index (χ2n) is 4.78. The van der Waals surface area contributed by atoms with Crippen LogP contribution in [-0.2, 0) is 6.18 Å². The first-order valence-electron chi connectivity index (χ1n) is 6.70. The molecule has 1 aromatic carbocycles. The van der Waals surface area contributed by atoms with Crippen LogP contribution in [0, 0.1) is 5.82 Å². The van der Waals surface area contributed by atoms with Gasteiger partial charge in [0.15, 0.2) is 0 Å². The smallest absolute Gasteiger partial charge is 0.398 e. The highest BCUT2D eigenvalue weighted by molar-refractivity contribution is 7.03. The van der Waals surface area contributed by atoms with Crippen LogP contribution in [0.1, 0.15) is 21.6 Å². The van der Waals surface area contributed by atoms with E-state index >= 15 is 0 Å². The molecule has 0 bridgehead atoms. The van der Waals surface area contributed by atoms with Crippen LogP contribution in [0.15, 0.2) is 47.6 Å². The monoisotopic (exact) mass is 372 g/mol. The van der Waals surface area contributed by atoms with E-state index in [1.165, 1.54) is 18.2 Å². The highest BCUT2D eigenvalue weighted by Gasteiger charge is 2.31.